The van der Waals surface area contributed by atoms with Gasteiger partial charge in [-0.15, -0.1) is 0 Å². The number of carbonyl (C=O) groups excluding carboxylic acids is 1. The van der Waals surface area contributed by atoms with Crippen molar-refractivity contribution in [2.24, 2.45) is 5.73 Å². The van der Waals surface area contributed by atoms with Crippen molar-refractivity contribution in [2.45, 2.75) is 26.9 Å². The Labute approximate surface area is 111 Å². The van der Waals surface area contributed by atoms with Crippen LogP contribution < -0.4 is 11.1 Å². The Bertz CT molecular complexity index is 571. The van der Waals surface area contributed by atoms with Gasteiger partial charge in [-0.25, -0.2) is 0 Å². The summed E-state index contributed by atoms with van der Waals surface area (Å²) < 4.78 is 0. The number of nitrogens with zero attached hydrogens (tertiary/aromatic N) is 2. The number of aromatic amines is 1. The Morgan fingerprint density at radius 2 is 2.26 bits per heavy atom. The molecule has 0 aliphatic carbocycles. The second-order valence-corrected chi connectivity index (χ2v) is 4.34. The van der Waals surface area contributed by atoms with Gasteiger partial charge in [-0.05, 0) is 26.0 Å². The Hall–Kier alpha value is -2.21. The zero-order valence-electron chi connectivity index (χ0n) is 11.0. The Kier molecular flexibility index (Phi) is 3.91. The lowest BCUT2D eigenvalue weighted by Crippen LogP contribution is -2.23. The van der Waals surface area contributed by atoms with Crippen LogP contribution >= 0.6 is 0 Å². The largest absolute Gasteiger partial charge is 0.348 e. The molecule has 0 unspecified atom stereocenters. The van der Waals surface area contributed by atoms with Crippen LogP contribution in [0, 0.1) is 13.8 Å². The van der Waals surface area contributed by atoms with E-state index in [1.807, 2.05) is 13.8 Å². The van der Waals surface area contributed by atoms with E-state index in [1.165, 1.54) is 0 Å². The molecule has 6 nitrogen and oxygen atoms in total. The van der Waals surface area contributed by atoms with Crippen LogP contribution in [-0.2, 0) is 13.1 Å². The third kappa shape index (κ3) is 2.97. The molecule has 2 rings (SSSR count). The molecule has 0 fully saturated rings. The van der Waals surface area contributed by atoms with Crippen LogP contribution in [0.1, 0.15) is 33.0 Å². The van der Waals surface area contributed by atoms with Gasteiger partial charge in [0.1, 0.15) is 0 Å². The quantitative estimate of drug-likeness (QED) is 0.757. The molecular formula is C13H17N5O. The van der Waals surface area contributed by atoms with Gasteiger partial charge in [0, 0.05) is 36.1 Å². The number of pyridine rings is 1. The summed E-state index contributed by atoms with van der Waals surface area (Å²) in [6.07, 6.45) is 1.59. The first-order chi connectivity index (χ1) is 9.11. The third-order valence-corrected chi connectivity index (χ3v) is 2.99. The number of rotatable bonds is 4. The number of hydrogen-bond acceptors (Lipinski definition) is 4. The van der Waals surface area contributed by atoms with Crippen LogP contribution in [0.3, 0.4) is 0 Å². The van der Waals surface area contributed by atoms with Gasteiger partial charge >= 0.3 is 0 Å². The Balaban J connectivity index is 2.05. The fourth-order valence-electron chi connectivity index (χ4n) is 1.84. The average Bonchev–Trinajstić information content (AvgIpc) is 2.75. The molecule has 1 amide bonds. The highest BCUT2D eigenvalue weighted by Crippen LogP contribution is 2.09. The van der Waals surface area contributed by atoms with Crippen molar-refractivity contribution in [1.82, 2.24) is 20.5 Å². The summed E-state index contributed by atoms with van der Waals surface area (Å²) in [5, 5.41) is 9.85. The van der Waals surface area contributed by atoms with E-state index in [0.717, 1.165) is 17.0 Å². The molecule has 2 aromatic heterocycles. The molecule has 0 saturated carbocycles. The molecule has 0 radical (unpaired) electrons. The highest BCUT2D eigenvalue weighted by Gasteiger charge is 2.10. The molecular weight excluding hydrogens is 242 g/mol. The lowest BCUT2D eigenvalue weighted by Gasteiger charge is -2.06. The van der Waals surface area contributed by atoms with E-state index in [9.17, 15) is 4.79 Å². The number of nitrogens with one attached hydrogen (secondary N) is 2. The topological polar surface area (TPSA) is 96.7 Å². The van der Waals surface area contributed by atoms with Gasteiger partial charge in [-0.2, -0.15) is 5.10 Å². The van der Waals surface area contributed by atoms with Crippen molar-refractivity contribution < 1.29 is 4.79 Å². The second kappa shape index (κ2) is 5.62. The highest BCUT2D eigenvalue weighted by atomic mass is 16.1. The van der Waals surface area contributed by atoms with Gasteiger partial charge in [0.15, 0.2) is 0 Å². The molecule has 0 saturated heterocycles. The van der Waals surface area contributed by atoms with Crippen LogP contribution in [0.2, 0.25) is 0 Å². The number of H-pyrrole nitrogens is 1. The lowest BCUT2D eigenvalue weighted by atomic mass is 10.2. The van der Waals surface area contributed by atoms with Crippen molar-refractivity contribution >= 4 is 5.91 Å². The molecule has 6 heteroatoms. The zero-order valence-corrected chi connectivity index (χ0v) is 11.0. The molecule has 0 aromatic carbocycles. The number of aromatic nitrogens is 3. The van der Waals surface area contributed by atoms with E-state index in [1.54, 1.807) is 18.3 Å². The minimum absolute atomic E-state index is 0.142. The smallest absolute Gasteiger partial charge is 0.251 e. The minimum Gasteiger partial charge on any atom is -0.348 e. The molecule has 0 aliphatic rings. The average molecular weight is 259 g/mol. The van der Waals surface area contributed by atoms with Crippen molar-refractivity contribution in [3.05, 3.63) is 46.5 Å². The fourth-order valence-corrected chi connectivity index (χ4v) is 1.84. The van der Waals surface area contributed by atoms with Gasteiger partial charge in [0.2, 0.25) is 0 Å². The van der Waals surface area contributed by atoms with Crippen LogP contribution in [-0.4, -0.2) is 21.1 Å². The highest BCUT2D eigenvalue weighted by molar-refractivity contribution is 5.94. The summed E-state index contributed by atoms with van der Waals surface area (Å²) in [5.74, 6) is -0.142. The molecule has 100 valence electrons. The van der Waals surface area contributed by atoms with Gasteiger partial charge in [-0.1, -0.05) is 0 Å². The van der Waals surface area contributed by atoms with Crippen molar-refractivity contribution in [3.8, 4) is 0 Å². The molecule has 19 heavy (non-hydrogen) atoms. The predicted molar refractivity (Wildman–Crippen MR) is 71.4 cm³/mol. The summed E-state index contributed by atoms with van der Waals surface area (Å²) >= 11 is 0. The van der Waals surface area contributed by atoms with Crippen LogP contribution in [0.4, 0.5) is 0 Å². The predicted octanol–water partition coefficient (Wildman–Crippen LogP) is 0.810. The molecule has 0 aliphatic heterocycles. The molecule has 0 atom stereocenters. The maximum atomic E-state index is 12.0. The van der Waals surface area contributed by atoms with E-state index in [-0.39, 0.29) is 5.91 Å². The van der Waals surface area contributed by atoms with Gasteiger partial charge < -0.3 is 11.1 Å². The van der Waals surface area contributed by atoms with E-state index >= 15 is 0 Å². The second-order valence-electron chi connectivity index (χ2n) is 4.34. The van der Waals surface area contributed by atoms with Crippen LogP contribution in [0.5, 0.6) is 0 Å². The van der Waals surface area contributed by atoms with Crippen molar-refractivity contribution in [3.63, 3.8) is 0 Å². The fraction of sp³-hybridized carbons (Fsp3) is 0.308. The number of carbonyl (C=O) groups is 1. The normalized spacial score (nSPS) is 10.5. The molecule has 2 heterocycles. The first-order valence-corrected chi connectivity index (χ1v) is 6.05. The number of hydrogen-bond donors (Lipinski definition) is 3. The van der Waals surface area contributed by atoms with Crippen molar-refractivity contribution in [2.75, 3.05) is 0 Å². The summed E-state index contributed by atoms with van der Waals surface area (Å²) in [4.78, 5) is 16.1. The van der Waals surface area contributed by atoms with E-state index < -0.39 is 0 Å². The Morgan fingerprint density at radius 1 is 1.47 bits per heavy atom. The number of aryl methyl sites for hydroxylation is 2. The minimum atomic E-state index is -0.142. The SMILES string of the molecule is Cc1n[nH]c(C)c1CNC(=O)c1ccnc(CN)c1. The van der Waals surface area contributed by atoms with E-state index in [2.05, 4.69) is 20.5 Å². The summed E-state index contributed by atoms with van der Waals surface area (Å²) in [6, 6.07) is 3.37. The number of nitrogens with two attached hydrogens (primary N) is 1. The maximum Gasteiger partial charge on any atom is 0.251 e. The van der Waals surface area contributed by atoms with Gasteiger partial charge in [0.25, 0.3) is 5.91 Å². The zero-order chi connectivity index (χ0) is 13.8. The molecule has 2 aromatic rings. The summed E-state index contributed by atoms with van der Waals surface area (Å²) in [7, 11) is 0. The van der Waals surface area contributed by atoms with E-state index in [4.69, 9.17) is 5.73 Å². The van der Waals surface area contributed by atoms with Crippen LogP contribution in [0.15, 0.2) is 18.3 Å². The standard InChI is InChI=1S/C13H17N5O/c1-8-12(9(2)18-17-8)7-16-13(19)10-3-4-15-11(5-10)6-14/h3-5H,6-7,14H2,1-2H3,(H,16,19)(H,17,18). The maximum absolute atomic E-state index is 12.0. The summed E-state index contributed by atoms with van der Waals surface area (Å²) in [6.45, 7) is 4.61. The summed E-state index contributed by atoms with van der Waals surface area (Å²) in [5.41, 5.74) is 9.65. The monoisotopic (exact) mass is 259 g/mol. The van der Waals surface area contributed by atoms with Crippen LogP contribution in [0.25, 0.3) is 0 Å². The molecule has 4 N–H and O–H groups in total. The lowest BCUT2D eigenvalue weighted by molar-refractivity contribution is 0.0950. The van der Waals surface area contributed by atoms with Gasteiger partial charge in [0.05, 0.1) is 11.4 Å². The first kappa shape index (κ1) is 13.2. The van der Waals surface area contributed by atoms with Crippen molar-refractivity contribution in [1.29, 1.82) is 0 Å². The third-order valence-electron chi connectivity index (χ3n) is 2.99. The Morgan fingerprint density at radius 3 is 2.89 bits per heavy atom. The van der Waals surface area contributed by atoms with Gasteiger partial charge in [-0.3, -0.25) is 14.9 Å². The molecule has 0 bridgehead atoms. The molecule has 0 spiro atoms. The number of amides is 1. The van der Waals surface area contributed by atoms with E-state index in [0.29, 0.717) is 24.3 Å². The first-order valence-electron chi connectivity index (χ1n) is 6.05.